The van der Waals surface area contributed by atoms with Gasteiger partial charge in [0.05, 0.1) is 5.92 Å². The Balaban J connectivity index is 1.81. The van der Waals surface area contributed by atoms with E-state index in [-0.39, 0.29) is 24.2 Å². The van der Waals surface area contributed by atoms with Crippen LogP contribution in [0.4, 0.5) is 5.82 Å². The maximum Gasteiger partial charge on any atom is 0.227 e. The minimum absolute atomic E-state index is 0.0336. The maximum absolute atomic E-state index is 12.4. The Morgan fingerprint density at radius 1 is 1.08 bits per heavy atom. The van der Waals surface area contributed by atoms with Gasteiger partial charge in [0.2, 0.25) is 11.8 Å². The molecule has 0 bridgehead atoms. The number of rotatable bonds is 8. The van der Waals surface area contributed by atoms with E-state index in [1.165, 1.54) is 0 Å². The molecule has 0 aliphatic heterocycles. The van der Waals surface area contributed by atoms with Crippen molar-refractivity contribution in [2.75, 3.05) is 11.9 Å². The van der Waals surface area contributed by atoms with Gasteiger partial charge >= 0.3 is 0 Å². The highest BCUT2D eigenvalue weighted by atomic mass is 16.2. The van der Waals surface area contributed by atoms with Crippen molar-refractivity contribution < 1.29 is 9.59 Å². The van der Waals surface area contributed by atoms with Gasteiger partial charge in [-0.05, 0) is 24.1 Å². The summed E-state index contributed by atoms with van der Waals surface area (Å²) in [7, 11) is 0. The molecule has 0 fully saturated rings. The molecule has 24 heavy (non-hydrogen) atoms. The van der Waals surface area contributed by atoms with Crippen molar-refractivity contribution in [3.05, 3.63) is 60.3 Å². The van der Waals surface area contributed by atoms with E-state index in [9.17, 15) is 9.59 Å². The number of aromatic nitrogens is 1. The Morgan fingerprint density at radius 2 is 1.83 bits per heavy atom. The topological polar surface area (TPSA) is 71.1 Å². The van der Waals surface area contributed by atoms with Gasteiger partial charge in [-0.15, -0.1) is 0 Å². The Hall–Kier alpha value is -2.69. The molecule has 2 aromatic rings. The van der Waals surface area contributed by atoms with Crippen LogP contribution in [0.2, 0.25) is 0 Å². The second-order valence-corrected chi connectivity index (χ2v) is 5.56. The van der Waals surface area contributed by atoms with E-state index in [2.05, 4.69) is 22.5 Å². The fraction of sp³-hybridized carbons (Fsp3) is 0.316. The Labute approximate surface area is 142 Å². The van der Waals surface area contributed by atoms with Gasteiger partial charge in [0, 0.05) is 19.2 Å². The lowest BCUT2D eigenvalue weighted by atomic mass is 9.93. The van der Waals surface area contributed by atoms with Crippen molar-refractivity contribution in [3.63, 3.8) is 0 Å². The summed E-state index contributed by atoms with van der Waals surface area (Å²) < 4.78 is 0. The van der Waals surface area contributed by atoms with E-state index in [1.807, 2.05) is 30.3 Å². The summed E-state index contributed by atoms with van der Waals surface area (Å²) in [5.41, 5.74) is 1.01. The number of hydrogen-bond donors (Lipinski definition) is 2. The SMILES string of the molecule is CCC[C@@H](C(=O)NCCC(=O)Nc1ccccn1)c1ccccc1. The number of nitrogens with one attached hydrogen (secondary N) is 2. The molecule has 2 amide bonds. The average Bonchev–Trinajstić information content (AvgIpc) is 2.61. The molecule has 0 saturated carbocycles. The summed E-state index contributed by atoms with van der Waals surface area (Å²) >= 11 is 0. The first-order chi connectivity index (χ1) is 11.7. The smallest absolute Gasteiger partial charge is 0.227 e. The van der Waals surface area contributed by atoms with Gasteiger partial charge in [0.25, 0.3) is 0 Å². The monoisotopic (exact) mass is 325 g/mol. The minimum Gasteiger partial charge on any atom is -0.355 e. The van der Waals surface area contributed by atoms with Gasteiger partial charge in [-0.2, -0.15) is 0 Å². The zero-order valence-electron chi connectivity index (χ0n) is 13.9. The number of benzene rings is 1. The Morgan fingerprint density at radius 3 is 2.50 bits per heavy atom. The van der Waals surface area contributed by atoms with E-state index in [1.54, 1.807) is 24.4 Å². The van der Waals surface area contributed by atoms with Crippen molar-refractivity contribution in [2.45, 2.75) is 32.1 Å². The quantitative estimate of drug-likeness (QED) is 0.783. The molecule has 0 radical (unpaired) electrons. The number of anilines is 1. The zero-order valence-corrected chi connectivity index (χ0v) is 13.9. The molecular weight excluding hydrogens is 302 g/mol. The number of nitrogens with zero attached hydrogens (tertiary/aromatic N) is 1. The van der Waals surface area contributed by atoms with Gasteiger partial charge in [-0.25, -0.2) is 4.98 Å². The van der Waals surface area contributed by atoms with Crippen LogP contribution in [0.15, 0.2) is 54.7 Å². The van der Waals surface area contributed by atoms with Crippen molar-refractivity contribution in [1.82, 2.24) is 10.3 Å². The van der Waals surface area contributed by atoms with Crippen LogP contribution < -0.4 is 10.6 Å². The number of carbonyl (C=O) groups excluding carboxylic acids is 2. The van der Waals surface area contributed by atoms with E-state index in [0.717, 1.165) is 18.4 Å². The molecule has 126 valence electrons. The summed E-state index contributed by atoms with van der Waals surface area (Å²) in [6.07, 6.45) is 3.55. The summed E-state index contributed by atoms with van der Waals surface area (Å²) in [6.45, 7) is 2.37. The lowest BCUT2D eigenvalue weighted by Gasteiger charge is -2.16. The van der Waals surface area contributed by atoms with E-state index in [0.29, 0.717) is 12.4 Å². The highest BCUT2D eigenvalue weighted by Gasteiger charge is 2.19. The molecule has 5 heteroatoms. The van der Waals surface area contributed by atoms with Gasteiger partial charge in [-0.3, -0.25) is 9.59 Å². The Bertz CT molecular complexity index is 644. The predicted molar refractivity (Wildman–Crippen MR) is 94.6 cm³/mol. The number of pyridine rings is 1. The first-order valence-electron chi connectivity index (χ1n) is 8.24. The second-order valence-electron chi connectivity index (χ2n) is 5.56. The number of carbonyl (C=O) groups is 2. The van der Waals surface area contributed by atoms with Crippen LogP contribution in [0.25, 0.3) is 0 Å². The van der Waals surface area contributed by atoms with Crippen LogP contribution in [-0.4, -0.2) is 23.3 Å². The molecular formula is C19H23N3O2. The van der Waals surface area contributed by atoms with Crippen molar-refractivity contribution in [2.24, 2.45) is 0 Å². The largest absolute Gasteiger partial charge is 0.355 e. The number of hydrogen-bond acceptors (Lipinski definition) is 3. The normalized spacial score (nSPS) is 11.5. The summed E-state index contributed by atoms with van der Waals surface area (Å²) in [5.74, 6) is 0.145. The lowest BCUT2D eigenvalue weighted by molar-refractivity contribution is -0.122. The summed E-state index contributed by atoms with van der Waals surface area (Å²) in [5, 5.41) is 5.56. The van der Waals surface area contributed by atoms with Crippen molar-refractivity contribution in [1.29, 1.82) is 0 Å². The Kier molecular flexibility index (Phi) is 6.95. The second kappa shape index (κ2) is 9.45. The zero-order chi connectivity index (χ0) is 17.2. The molecule has 0 unspecified atom stereocenters. The van der Waals surface area contributed by atoms with Gasteiger partial charge < -0.3 is 10.6 Å². The van der Waals surface area contributed by atoms with Crippen LogP contribution in [-0.2, 0) is 9.59 Å². The molecule has 1 aromatic heterocycles. The summed E-state index contributed by atoms with van der Waals surface area (Å²) in [4.78, 5) is 28.3. The minimum atomic E-state index is -0.171. The molecule has 0 aliphatic rings. The molecule has 1 aromatic carbocycles. The third-order valence-electron chi connectivity index (χ3n) is 3.68. The van der Waals surface area contributed by atoms with Crippen molar-refractivity contribution in [3.8, 4) is 0 Å². The van der Waals surface area contributed by atoms with Crippen LogP contribution >= 0.6 is 0 Å². The lowest BCUT2D eigenvalue weighted by Crippen LogP contribution is -2.32. The fourth-order valence-corrected chi connectivity index (χ4v) is 2.49. The fourth-order valence-electron chi connectivity index (χ4n) is 2.49. The number of amides is 2. The van der Waals surface area contributed by atoms with E-state index in [4.69, 9.17) is 0 Å². The molecule has 0 saturated heterocycles. The third-order valence-corrected chi connectivity index (χ3v) is 3.68. The first-order valence-corrected chi connectivity index (χ1v) is 8.24. The van der Waals surface area contributed by atoms with Crippen LogP contribution in [0.5, 0.6) is 0 Å². The van der Waals surface area contributed by atoms with Gasteiger partial charge in [-0.1, -0.05) is 49.7 Å². The molecule has 2 rings (SSSR count). The standard InChI is InChI=1S/C19H23N3O2/c1-2-8-16(15-9-4-3-5-10-15)19(24)21-14-12-18(23)22-17-11-6-7-13-20-17/h3-7,9-11,13,16H,2,8,12,14H2,1H3,(H,21,24)(H,20,22,23)/t16-/m1/s1. The average molecular weight is 325 g/mol. The van der Waals surface area contributed by atoms with Gasteiger partial charge in [0.1, 0.15) is 5.82 Å². The third kappa shape index (κ3) is 5.50. The maximum atomic E-state index is 12.4. The molecule has 5 nitrogen and oxygen atoms in total. The molecule has 0 spiro atoms. The molecule has 0 aliphatic carbocycles. The van der Waals surface area contributed by atoms with Crippen LogP contribution in [0, 0.1) is 0 Å². The van der Waals surface area contributed by atoms with Gasteiger partial charge in [0.15, 0.2) is 0 Å². The first kappa shape index (κ1) is 17.7. The molecule has 1 atom stereocenters. The highest BCUT2D eigenvalue weighted by molar-refractivity contribution is 5.90. The van der Waals surface area contributed by atoms with Crippen LogP contribution in [0.1, 0.15) is 37.7 Å². The van der Waals surface area contributed by atoms with Crippen molar-refractivity contribution >= 4 is 17.6 Å². The van der Waals surface area contributed by atoms with E-state index >= 15 is 0 Å². The summed E-state index contributed by atoms with van der Waals surface area (Å²) in [6, 6.07) is 15.1. The predicted octanol–water partition coefficient (Wildman–Crippen LogP) is 3.11. The van der Waals surface area contributed by atoms with Crippen LogP contribution in [0.3, 0.4) is 0 Å². The van der Waals surface area contributed by atoms with E-state index < -0.39 is 0 Å². The molecule has 1 heterocycles. The molecule has 2 N–H and O–H groups in total. The highest BCUT2D eigenvalue weighted by Crippen LogP contribution is 2.21.